The number of imidazole rings is 1. The van der Waals surface area contributed by atoms with E-state index in [1.807, 2.05) is 0 Å². The van der Waals surface area contributed by atoms with Crippen LogP contribution in [0.4, 0.5) is 22.2 Å². The molecule has 0 unspecified atom stereocenters. The van der Waals surface area contributed by atoms with E-state index in [0.717, 1.165) is 4.47 Å². The fraction of sp³-hybridized carbons (Fsp3) is 0.188. The number of benzene rings is 1. The number of anilines is 3. The highest BCUT2D eigenvalue weighted by Gasteiger charge is 2.11. The van der Waals surface area contributed by atoms with Crippen molar-refractivity contribution in [3.8, 4) is 0 Å². The summed E-state index contributed by atoms with van der Waals surface area (Å²) >= 11 is 3.31. The van der Waals surface area contributed by atoms with E-state index >= 15 is 0 Å². The molecule has 0 bridgehead atoms. The monoisotopic (exact) mass is 448 g/mol. The normalized spacial score (nSPS) is 10.6. The van der Waals surface area contributed by atoms with Crippen LogP contribution in [0.3, 0.4) is 0 Å². The average Bonchev–Trinajstić information content (AvgIpc) is 3.05. The zero-order valence-corrected chi connectivity index (χ0v) is 16.1. The summed E-state index contributed by atoms with van der Waals surface area (Å²) in [6.07, 6.45) is 0.00286. The maximum absolute atomic E-state index is 11.8. The molecule has 12 heteroatoms. The lowest BCUT2D eigenvalue weighted by molar-refractivity contribution is -0.145. The second-order valence-electron chi connectivity index (χ2n) is 5.65. The molecule has 0 radical (unpaired) electrons. The van der Waals surface area contributed by atoms with Crippen LogP contribution in [0.1, 0.15) is 12.2 Å². The number of ether oxygens (including phenoxy) is 1. The van der Waals surface area contributed by atoms with Crippen LogP contribution in [0.25, 0.3) is 11.2 Å². The highest BCUT2D eigenvalue weighted by molar-refractivity contribution is 9.10. The van der Waals surface area contributed by atoms with Crippen molar-refractivity contribution >= 4 is 56.5 Å². The number of carbonyl (C=O) groups is 2. The number of carbonyl (C=O) groups excluding carboxylic acids is 2. The van der Waals surface area contributed by atoms with Gasteiger partial charge in [-0.2, -0.15) is 9.97 Å². The molecule has 7 N–H and O–H groups in total. The van der Waals surface area contributed by atoms with E-state index in [2.05, 4.69) is 46.5 Å². The Bertz CT molecular complexity index is 1010. The van der Waals surface area contributed by atoms with Gasteiger partial charge in [-0.15, -0.1) is 0 Å². The number of nitrogen functional groups attached to an aromatic ring is 2. The number of aromatic nitrogens is 4. The summed E-state index contributed by atoms with van der Waals surface area (Å²) in [6, 6.07) is 6.68. The van der Waals surface area contributed by atoms with Gasteiger partial charge in [-0.25, -0.2) is 9.78 Å². The number of halogens is 1. The third-order valence-corrected chi connectivity index (χ3v) is 4.06. The Kier molecular flexibility index (Phi) is 5.89. The van der Waals surface area contributed by atoms with Crippen molar-refractivity contribution in [1.29, 1.82) is 0 Å². The Labute approximate surface area is 167 Å². The minimum Gasteiger partial charge on any atom is -0.457 e. The van der Waals surface area contributed by atoms with Gasteiger partial charge in [0.1, 0.15) is 17.9 Å². The minimum atomic E-state index is -0.497. The van der Waals surface area contributed by atoms with Gasteiger partial charge in [0.25, 0.3) is 0 Å². The molecule has 2 aromatic heterocycles. The molecule has 0 aliphatic heterocycles. The second-order valence-corrected chi connectivity index (χ2v) is 6.56. The quantitative estimate of drug-likeness (QED) is 0.352. The molecule has 3 rings (SSSR count). The van der Waals surface area contributed by atoms with Crippen LogP contribution >= 0.6 is 15.9 Å². The second kappa shape index (κ2) is 8.52. The summed E-state index contributed by atoms with van der Waals surface area (Å²) < 4.78 is 6.02. The van der Waals surface area contributed by atoms with Gasteiger partial charge in [-0.3, -0.25) is 4.79 Å². The van der Waals surface area contributed by atoms with Crippen molar-refractivity contribution in [3.05, 3.63) is 34.6 Å². The maximum atomic E-state index is 11.8. The number of fused-ring (bicyclic) bond motifs is 1. The minimum absolute atomic E-state index is 0.00286. The first-order chi connectivity index (χ1) is 13.4. The summed E-state index contributed by atoms with van der Waals surface area (Å²) in [6.45, 7) is 0.0237. The zero-order chi connectivity index (χ0) is 20.1. The molecule has 0 saturated heterocycles. The number of amides is 2. The highest BCUT2D eigenvalue weighted by atomic mass is 79.9. The van der Waals surface area contributed by atoms with Crippen LogP contribution < -0.4 is 22.1 Å². The maximum Gasteiger partial charge on any atom is 0.319 e. The molecule has 2 amide bonds. The van der Waals surface area contributed by atoms with Crippen LogP contribution in [0.5, 0.6) is 0 Å². The number of nitrogens with two attached hydrogens (primary N) is 2. The van der Waals surface area contributed by atoms with Crippen LogP contribution in [0.2, 0.25) is 0 Å². The van der Waals surface area contributed by atoms with Crippen molar-refractivity contribution in [2.75, 3.05) is 23.3 Å². The SMILES string of the molecule is Nc1nc(N)c2[nH]c(COC(=O)CCNC(=O)Nc3ccc(Br)cc3)nc2n1. The Morgan fingerprint density at radius 3 is 2.64 bits per heavy atom. The third kappa shape index (κ3) is 5.07. The molecule has 11 nitrogen and oxygen atoms in total. The molecular formula is C16H17BrN8O3. The fourth-order valence-corrected chi connectivity index (χ4v) is 2.52. The number of aromatic amines is 1. The summed E-state index contributed by atoms with van der Waals surface area (Å²) in [5.74, 6) is 0.0277. The number of nitrogens with zero attached hydrogens (tertiary/aromatic N) is 3. The molecule has 0 aliphatic rings. The number of hydrogen-bond acceptors (Lipinski definition) is 8. The molecule has 146 valence electrons. The van der Waals surface area contributed by atoms with Crippen LogP contribution in [0, 0.1) is 0 Å². The number of H-pyrrole nitrogens is 1. The Morgan fingerprint density at radius 1 is 1.14 bits per heavy atom. The predicted molar refractivity (Wildman–Crippen MR) is 106 cm³/mol. The molecular weight excluding hydrogens is 432 g/mol. The summed E-state index contributed by atoms with van der Waals surface area (Å²) in [5.41, 5.74) is 12.6. The van der Waals surface area contributed by atoms with Gasteiger partial charge in [0, 0.05) is 16.7 Å². The van der Waals surface area contributed by atoms with Gasteiger partial charge in [0.2, 0.25) is 5.95 Å². The molecule has 28 heavy (non-hydrogen) atoms. The number of esters is 1. The average molecular weight is 449 g/mol. The van der Waals surface area contributed by atoms with Gasteiger partial charge in [0.15, 0.2) is 11.5 Å². The molecule has 3 aromatic rings. The predicted octanol–water partition coefficient (Wildman–Crippen LogP) is 1.53. The number of hydrogen-bond donors (Lipinski definition) is 5. The molecule has 0 spiro atoms. The van der Waals surface area contributed by atoms with E-state index in [1.165, 1.54) is 0 Å². The molecule has 0 atom stereocenters. The lowest BCUT2D eigenvalue weighted by Crippen LogP contribution is -2.30. The Morgan fingerprint density at radius 2 is 1.89 bits per heavy atom. The third-order valence-electron chi connectivity index (χ3n) is 3.53. The number of rotatable bonds is 6. The molecule has 0 aliphatic carbocycles. The van der Waals surface area contributed by atoms with E-state index in [0.29, 0.717) is 22.7 Å². The summed E-state index contributed by atoms with van der Waals surface area (Å²) in [7, 11) is 0. The first-order valence-electron chi connectivity index (χ1n) is 8.14. The van der Waals surface area contributed by atoms with Crippen molar-refractivity contribution in [3.63, 3.8) is 0 Å². The Balaban J connectivity index is 1.41. The van der Waals surface area contributed by atoms with Gasteiger partial charge in [-0.1, -0.05) is 15.9 Å². The van der Waals surface area contributed by atoms with Crippen LogP contribution in [-0.2, 0) is 16.1 Å². The standard InChI is InChI=1S/C16H17BrN8O3/c17-8-1-3-9(4-2-8)21-16(27)20-6-5-11(26)28-7-10-22-12-13(18)24-15(19)25-14(12)23-10/h1-4H,5-7H2,(H2,20,21,27)(H5,18,19,22,23,24,25). The zero-order valence-electron chi connectivity index (χ0n) is 14.5. The number of urea groups is 1. The first kappa shape index (κ1) is 19.4. The molecule has 1 aromatic carbocycles. The topological polar surface area (TPSA) is 174 Å². The fourth-order valence-electron chi connectivity index (χ4n) is 2.26. The van der Waals surface area contributed by atoms with Crippen molar-refractivity contribution < 1.29 is 14.3 Å². The largest absolute Gasteiger partial charge is 0.457 e. The lowest BCUT2D eigenvalue weighted by atomic mass is 10.3. The molecule has 0 saturated carbocycles. The summed E-state index contributed by atoms with van der Waals surface area (Å²) in [5, 5.41) is 5.23. The van der Waals surface area contributed by atoms with Gasteiger partial charge < -0.3 is 31.8 Å². The van der Waals surface area contributed by atoms with E-state index in [4.69, 9.17) is 16.2 Å². The lowest BCUT2D eigenvalue weighted by Gasteiger charge is -2.07. The Hall–Kier alpha value is -3.41. The van der Waals surface area contributed by atoms with Crippen molar-refractivity contribution in [2.45, 2.75) is 13.0 Å². The van der Waals surface area contributed by atoms with E-state index in [1.54, 1.807) is 24.3 Å². The highest BCUT2D eigenvalue weighted by Crippen LogP contribution is 2.16. The van der Waals surface area contributed by atoms with E-state index in [-0.39, 0.29) is 31.3 Å². The van der Waals surface area contributed by atoms with E-state index < -0.39 is 12.0 Å². The van der Waals surface area contributed by atoms with Crippen molar-refractivity contribution in [1.82, 2.24) is 25.3 Å². The van der Waals surface area contributed by atoms with Crippen LogP contribution in [0.15, 0.2) is 28.7 Å². The van der Waals surface area contributed by atoms with Gasteiger partial charge >= 0.3 is 12.0 Å². The number of nitrogens with one attached hydrogen (secondary N) is 3. The van der Waals surface area contributed by atoms with E-state index in [9.17, 15) is 9.59 Å². The van der Waals surface area contributed by atoms with Gasteiger partial charge in [-0.05, 0) is 24.3 Å². The summed E-state index contributed by atoms with van der Waals surface area (Å²) in [4.78, 5) is 38.4. The van der Waals surface area contributed by atoms with Crippen LogP contribution in [-0.4, -0.2) is 38.5 Å². The smallest absolute Gasteiger partial charge is 0.319 e. The molecule has 2 heterocycles. The van der Waals surface area contributed by atoms with Gasteiger partial charge in [0.05, 0.1) is 6.42 Å². The first-order valence-corrected chi connectivity index (χ1v) is 8.93. The molecule has 0 fully saturated rings. The van der Waals surface area contributed by atoms with Crippen molar-refractivity contribution in [2.24, 2.45) is 0 Å².